The van der Waals surface area contributed by atoms with Crippen LogP contribution in [0.3, 0.4) is 0 Å². The van der Waals surface area contributed by atoms with Crippen molar-refractivity contribution >= 4 is 15.7 Å². The Morgan fingerprint density at radius 1 is 1.23 bits per heavy atom. The molecule has 1 atom stereocenters. The molecule has 26 heavy (non-hydrogen) atoms. The molecule has 2 aromatic heterocycles. The van der Waals surface area contributed by atoms with E-state index in [1.807, 2.05) is 6.07 Å². The summed E-state index contributed by atoms with van der Waals surface area (Å²) < 4.78 is 30.1. The lowest BCUT2D eigenvalue weighted by Crippen LogP contribution is -2.69. The van der Waals surface area contributed by atoms with E-state index in [-0.39, 0.29) is 43.0 Å². The van der Waals surface area contributed by atoms with E-state index in [0.29, 0.717) is 12.3 Å². The van der Waals surface area contributed by atoms with Gasteiger partial charge in [-0.15, -0.1) is 0 Å². The van der Waals surface area contributed by atoms with Crippen LogP contribution in [0.25, 0.3) is 0 Å². The van der Waals surface area contributed by atoms with Crippen LogP contribution in [0.4, 0.5) is 0 Å². The number of rotatable bonds is 4. The maximum absolute atomic E-state index is 12.7. The first-order chi connectivity index (χ1) is 12.5. The van der Waals surface area contributed by atoms with Crippen LogP contribution in [0, 0.1) is 5.92 Å². The second-order valence-electron chi connectivity index (χ2n) is 6.60. The molecule has 0 aromatic carbocycles. The minimum absolute atomic E-state index is 0.121. The van der Waals surface area contributed by atoms with Crippen molar-refractivity contribution in [1.29, 1.82) is 0 Å². The van der Waals surface area contributed by atoms with Gasteiger partial charge in [-0.25, -0.2) is 18.4 Å². The molecule has 2 aliphatic rings. The third-order valence-electron chi connectivity index (χ3n) is 5.16. The lowest BCUT2D eigenvalue weighted by atomic mass is 9.83. The van der Waals surface area contributed by atoms with Crippen molar-refractivity contribution in [3.63, 3.8) is 0 Å². The summed E-state index contributed by atoms with van der Waals surface area (Å²) in [4.78, 5) is 25.9. The average molecular weight is 374 g/mol. The number of hydrogen-bond acceptors (Lipinski definition) is 7. The molecule has 4 heterocycles. The van der Waals surface area contributed by atoms with E-state index in [1.54, 1.807) is 18.3 Å². The SMILES string of the molecule is O=C(c1cnccn1)N1CC2(C1)[C@@H](COc1ccccn1)CCS2(=O)=O. The number of likely N-dealkylation sites (tertiary alicyclic amines) is 1. The Hall–Kier alpha value is -2.55. The van der Waals surface area contributed by atoms with Gasteiger partial charge in [0.1, 0.15) is 10.4 Å². The van der Waals surface area contributed by atoms with Crippen molar-refractivity contribution in [1.82, 2.24) is 19.9 Å². The van der Waals surface area contributed by atoms with E-state index < -0.39 is 14.6 Å². The molecule has 0 unspecified atom stereocenters. The molecule has 0 radical (unpaired) electrons. The highest BCUT2D eigenvalue weighted by Crippen LogP contribution is 2.45. The van der Waals surface area contributed by atoms with Crippen LogP contribution in [-0.2, 0) is 9.84 Å². The highest BCUT2D eigenvalue weighted by atomic mass is 32.2. The molecule has 2 saturated heterocycles. The molecule has 0 N–H and O–H groups in total. The highest BCUT2D eigenvalue weighted by molar-refractivity contribution is 7.93. The van der Waals surface area contributed by atoms with E-state index in [0.717, 1.165) is 0 Å². The lowest BCUT2D eigenvalue weighted by Gasteiger charge is -2.49. The minimum Gasteiger partial charge on any atom is -0.477 e. The van der Waals surface area contributed by atoms with Crippen molar-refractivity contribution in [3.8, 4) is 5.88 Å². The molecule has 8 nitrogen and oxygen atoms in total. The van der Waals surface area contributed by atoms with Crippen LogP contribution < -0.4 is 4.74 Å². The molecule has 2 aliphatic heterocycles. The molecule has 2 fully saturated rings. The molecule has 4 rings (SSSR count). The first kappa shape index (κ1) is 16.9. The first-order valence-electron chi connectivity index (χ1n) is 8.33. The molecule has 0 saturated carbocycles. The highest BCUT2D eigenvalue weighted by Gasteiger charge is 2.62. The van der Waals surface area contributed by atoms with Crippen molar-refractivity contribution in [2.45, 2.75) is 11.2 Å². The standard InChI is InChI=1S/C17H18N4O4S/c22-16(14-9-18-6-7-19-14)21-11-17(12-21)13(4-8-26(17,23)24)10-25-15-3-1-2-5-20-15/h1-3,5-7,9,13H,4,8,10-12H2/t13-/m1/s1. The van der Waals surface area contributed by atoms with Gasteiger partial charge >= 0.3 is 0 Å². The van der Waals surface area contributed by atoms with E-state index in [9.17, 15) is 13.2 Å². The number of pyridine rings is 1. The summed E-state index contributed by atoms with van der Waals surface area (Å²) in [6, 6.07) is 5.34. The lowest BCUT2D eigenvalue weighted by molar-refractivity contribution is 0.0401. The van der Waals surface area contributed by atoms with Gasteiger partial charge in [-0.05, 0) is 12.5 Å². The summed E-state index contributed by atoms with van der Waals surface area (Å²) in [7, 11) is -3.28. The number of amides is 1. The Balaban J connectivity index is 1.47. The second kappa shape index (κ2) is 6.31. The maximum atomic E-state index is 12.7. The summed E-state index contributed by atoms with van der Waals surface area (Å²) in [6.45, 7) is 0.603. The van der Waals surface area contributed by atoms with Crippen molar-refractivity contribution in [2.24, 2.45) is 5.92 Å². The second-order valence-corrected chi connectivity index (χ2v) is 9.05. The minimum atomic E-state index is -3.28. The summed E-state index contributed by atoms with van der Waals surface area (Å²) in [5, 5.41) is 0. The number of aromatic nitrogens is 3. The van der Waals surface area contributed by atoms with Gasteiger partial charge < -0.3 is 9.64 Å². The fraction of sp³-hybridized carbons (Fsp3) is 0.412. The normalized spacial score (nSPS) is 22.8. The third kappa shape index (κ3) is 2.72. The zero-order chi connectivity index (χ0) is 18.2. The zero-order valence-electron chi connectivity index (χ0n) is 14.0. The van der Waals surface area contributed by atoms with Crippen LogP contribution in [0.2, 0.25) is 0 Å². The van der Waals surface area contributed by atoms with Crippen LogP contribution in [-0.4, -0.2) is 64.4 Å². The first-order valence-corrected chi connectivity index (χ1v) is 9.98. The molecule has 1 amide bonds. The average Bonchev–Trinajstić information content (AvgIpc) is 2.90. The molecule has 0 aliphatic carbocycles. The van der Waals surface area contributed by atoms with Crippen LogP contribution in [0.1, 0.15) is 16.9 Å². The monoisotopic (exact) mass is 374 g/mol. The fourth-order valence-corrected chi connectivity index (χ4v) is 6.04. The molecular formula is C17H18N4O4S. The number of sulfone groups is 1. The van der Waals surface area contributed by atoms with Gasteiger partial charge in [0, 0.05) is 43.7 Å². The number of carbonyl (C=O) groups is 1. The Morgan fingerprint density at radius 2 is 2.08 bits per heavy atom. The number of nitrogens with zero attached hydrogens (tertiary/aromatic N) is 4. The number of carbonyl (C=O) groups excluding carboxylic acids is 1. The Morgan fingerprint density at radius 3 is 2.77 bits per heavy atom. The van der Waals surface area contributed by atoms with Crippen LogP contribution >= 0.6 is 0 Å². The molecular weight excluding hydrogens is 356 g/mol. The zero-order valence-corrected chi connectivity index (χ0v) is 14.8. The predicted molar refractivity (Wildman–Crippen MR) is 92.3 cm³/mol. The van der Waals surface area contributed by atoms with Crippen LogP contribution in [0.5, 0.6) is 5.88 Å². The van der Waals surface area contributed by atoms with E-state index in [4.69, 9.17) is 4.74 Å². The van der Waals surface area contributed by atoms with E-state index in [2.05, 4.69) is 15.0 Å². The Kier molecular flexibility index (Phi) is 4.10. The molecule has 136 valence electrons. The summed E-state index contributed by atoms with van der Waals surface area (Å²) in [6.07, 6.45) is 6.47. The van der Waals surface area contributed by atoms with Gasteiger partial charge in [0.25, 0.3) is 5.91 Å². The Bertz CT molecular complexity index is 899. The van der Waals surface area contributed by atoms with Crippen LogP contribution in [0.15, 0.2) is 43.0 Å². The van der Waals surface area contributed by atoms with Crippen molar-refractivity contribution in [3.05, 3.63) is 48.7 Å². The van der Waals surface area contributed by atoms with Crippen molar-refractivity contribution in [2.75, 3.05) is 25.4 Å². The quantitative estimate of drug-likeness (QED) is 0.771. The fourth-order valence-electron chi connectivity index (χ4n) is 3.64. The Labute approximate surface area is 151 Å². The van der Waals surface area contributed by atoms with Gasteiger partial charge in [-0.2, -0.15) is 0 Å². The topological polar surface area (TPSA) is 102 Å². The number of hydrogen-bond donors (Lipinski definition) is 0. The van der Waals surface area contributed by atoms with Gasteiger partial charge in [0.2, 0.25) is 5.88 Å². The van der Waals surface area contributed by atoms with Gasteiger partial charge in [0.05, 0.1) is 18.6 Å². The summed E-state index contributed by atoms with van der Waals surface area (Å²) in [5.41, 5.74) is 0.221. The van der Waals surface area contributed by atoms with E-state index in [1.165, 1.54) is 23.5 Å². The maximum Gasteiger partial charge on any atom is 0.274 e. The smallest absolute Gasteiger partial charge is 0.274 e. The molecule has 1 spiro atoms. The molecule has 9 heteroatoms. The van der Waals surface area contributed by atoms with Gasteiger partial charge in [-0.1, -0.05) is 6.07 Å². The van der Waals surface area contributed by atoms with Crippen molar-refractivity contribution < 1.29 is 17.9 Å². The summed E-state index contributed by atoms with van der Waals surface area (Å²) >= 11 is 0. The largest absolute Gasteiger partial charge is 0.477 e. The van der Waals surface area contributed by atoms with E-state index >= 15 is 0 Å². The number of ether oxygens (including phenoxy) is 1. The van der Waals surface area contributed by atoms with Gasteiger partial charge in [-0.3, -0.25) is 9.78 Å². The molecule has 0 bridgehead atoms. The summed E-state index contributed by atoms with van der Waals surface area (Å²) in [5.74, 6) is 0.130. The van der Waals surface area contributed by atoms with Gasteiger partial charge in [0.15, 0.2) is 9.84 Å². The predicted octanol–water partition coefficient (Wildman–Crippen LogP) is 0.580. The molecule has 2 aromatic rings. The third-order valence-corrected chi connectivity index (χ3v) is 7.76.